The number of benzene rings is 2. The molecule has 1 aliphatic heterocycles. The number of rotatable bonds is 6. The monoisotopic (exact) mass is 348 g/mol. The summed E-state index contributed by atoms with van der Waals surface area (Å²) < 4.78 is 0. The summed E-state index contributed by atoms with van der Waals surface area (Å²) >= 11 is 0. The molecule has 1 aliphatic rings. The molecule has 1 saturated heterocycles. The first-order valence-electron chi connectivity index (χ1n) is 9.53. The number of piperidine rings is 1. The first-order chi connectivity index (χ1) is 12.7. The van der Waals surface area contributed by atoms with Gasteiger partial charge in [0, 0.05) is 26.6 Å². The van der Waals surface area contributed by atoms with Crippen LogP contribution in [0.1, 0.15) is 37.3 Å². The zero-order valence-electron chi connectivity index (χ0n) is 15.6. The summed E-state index contributed by atoms with van der Waals surface area (Å²) in [6.07, 6.45) is 3.24. The lowest BCUT2D eigenvalue weighted by Gasteiger charge is -2.30. The maximum absolute atomic E-state index is 11.0. The van der Waals surface area contributed by atoms with E-state index in [1.54, 1.807) is 12.5 Å². The lowest BCUT2D eigenvalue weighted by atomic mass is 9.88. The summed E-state index contributed by atoms with van der Waals surface area (Å²) in [5, 5.41) is 2.88. The number of hydrogen-bond donors (Lipinski definition) is 1. The molecule has 0 bridgehead atoms. The summed E-state index contributed by atoms with van der Waals surface area (Å²) in [5.41, 5.74) is 5.59. The van der Waals surface area contributed by atoms with E-state index in [4.69, 9.17) is 0 Å². The summed E-state index contributed by atoms with van der Waals surface area (Å²) in [7, 11) is 0. The predicted molar refractivity (Wildman–Crippen MR) is 108 cm³/mol. The van der Waals surface area contributed by atoms with E-state index in [0.717, 1.165) is 45.4 Å². The van der Waals surface area contributed by atoms with Crippen LogP contribution in [0.15, 0.2) is 66.2 Å². The van der Waals surface area contributed by atoms with Gasteiger partial charge < -0.3 is 10.2 Å². The number of carbonyl (C=O) groups excluding carboxylic acids is 1. The molecular weight excluding hydrogens is 320 g/mol. The van der Waals surface area contributed by atoms with Crippen LogP contribution in [0.3, 0.4) is 0 Å². The second-order valence-corrected chi connectivity index (χ2v) is 6.89. The number of carbonyl (C=O) groups is 1. The molecule has 136 valence electrons. The highest BCUT2D eigenvalue weighted by Crippen LogP contribution is 2.32. The fourth-order valence-corrected chi connectivity index (χ4v) is 3.65. The second kappa shape index (κ2) is 9.35. The summed E-state index contributed by atoms with van der Waals surface area (Å²) in [6.45, 7) is 5.59. The number of likely N-dealkylation sites (tertiary alicyclic amines) is 1. The van der Waals surface area contributed by atoms with Gasteiger partial charge >= 0.3 is 0 Å². The average Bonchev–Trinajstić information content (AvgIpc) is 2.68. The van der Waals surface area contributed by atoms with Crippen LogP contribution in [0.2, 0.25) is 0 Å². The largest absolute Gasteiger partial charge is 0.356 e. The lowest BCUT2D eigenvalue weighted by Crippen LogP contribution is -2.34. The van der Waals surface area contributed by atoms with Gasteiger partial charge in [0.2, 0.25) is 5.91 Å². The predicted octanol–water partition coefficient (Wildman–Crippen LogP) is 4.11. The van der Waals surface area contributed by atoms with Crippen molar-refractivity contribution >= 4 is 11.5 Å². The Morgan fingerprint density at radius 3 is 1.96 bits per heavy atom. The minimum absolute atomic E-state index is 0.0595. The highest BCUT2D eigenvalue weighted by molar-refractivity contribution is 5.82. The van der Waals surface area contributed by atoms with Gasteiger partial charge in [-0.1, -0.05) is 66.2 Å². The third-order valence-electron chi connectivity index (χ3n) is 4.96. The molecule has 2 aromatic carbocycles. The van der Waals surface area contributed by atoms with Gasteiger partial charge in [-0.15, -0.1) is 0 Å². The Hall–Kier alpha value is -2.39. The molecule has 2 aromatic rings. The van der Waals surface area contributed by atoms with E-state index in [-0.39, 0.29) is 5.91 Å². The molecule has 0 unspecified atom stereocenters. The van der Waals surface area contributed by atoms with E-state index in [2.05, 4.69) is 70.9 Å². The van der Waals surface area contributed by atoms with E-state index < -0.39 is 0 Å². The lowest BCUT2D eigenvalue weighted by molar-refractivity contribution is -0.118. The van der Waals surface area contributed by atoms with Crippen LogP contribution in [-0.2, 0) is 4.79 Å². The van der Waals surface area contributed by atoms with Gasteiger partial charge in [0.1, 0.15) is 0 Å². The number of nitrogens with zero attached hydrogens (tertiary/aromatic N) is 1. The van der Waals surface area contributed by atoms with Crippen molar-refractivity contribution in [2.75, 3.05) is 26.2 Å². The highest BCUT2D eigenvalue weighted by atomic mass is 16.1. The molecule has 26 heavy (non-hydrogen) atoms. The topological polar surface area (TPSA) is 32.3 Å². The third kappa shape index (κ3) is 5.06. The van der Waals surface area contributed by atoms with Gasteiger partial charge in [-0.2, -0.15) is 0 Å². The molecule has 3 nitrogen and oxygen atoms in total. The number of amides is 1. The Morgan fingerprint density at radius 2 is 1.46 bits per heavy atom. The smallest absolute Gasteiger partial charge is 0.216 e. The van der Waals surface area contributed by atoms with Crippen LogP contribution in [0.4, 0.5) is 0 Å². The molecule has 3 heteroatoms. The van der Waals surface area contributed by atoms with Crippen molar-refractivity contribution in [3.8, 4) is 0 Å². The van der Waals surface area contributed by atoms with Gasteiger partial charge in [-0.25, -0.2) is 0 Å². The Bertz CT molecular complexity index is 686. The fourth-order valence-electron chi connectivity index (χ4n) is 3.65. The minimum atomic E-state index is 0.0595. The van der Waals surface area contributed by atoms with Gasteiger partial charge in [-0.05, 0) is 42.5 Å². The quantitative estimate of drug-likeness (QED) is 0.797. The molecule has 0 aromatic heterocycles. The molecule has 0 spiro atoms. The van der Waals surface area contributed by atoms with Gasteiger partial charge in [0.15, 0.2) is 0 Å². The Kier molecular flexibility index (Phi) is 6.62. The highest BCUT2D eigenvalue weighted by Gasteiger charge is 2.18. The average molecular weight is 348 g/mol. The Morgan fingerprint density at radius 1 is 0.923 bits per heavy atom. The standard InChI is InChI=1S/C23H28N2O/c1-19(26)24-15-8-16-25-17-13-22(14-18-25)23(20-9-4-2-5-10-20)21-11-6-3-7-12-21/h2-7,9-12H,8,13-18H2,1H3,(H,24,26). The van der Waals surface area contributed by atoms with Crippen LogP contribution in [-0.4, -0.2) is 37.0 Å². The normalized spacial score (nSPS) is 14.9. The summed E-state index contributed by atoms with van der Waals surface area (Å²) in [4.78, 5) is 13.5. The van der Waals surface area contributed by atoms with Crippen molar-refractivity contribution in [2.24, 2.45) is 0 Å². The van der Waals surface area contributed by atoms with E-state index in [9.17, 15) is 4.79 Å². The molecular formula is C23H28N2O. The molecule has 0 saturated carbocycles. The molecule has 0 atom stereocenters. The van der Waals surface area contributed by atoms with Gasteiger partial charge in [0.25, 0.3) is 0 Å². The van der Waals surface area contributed by atoms with Gasteiger partial charge in [-0.3, -0.25) is 4.79 Å². The van der Waals surface area contributed by atoms with Crippen LogP contribution >= 0.6 is 0 Å². The molecule has 3 rings (SSSR count). The second-order valence-electron chi connectivity index (χ2n) is 6.89. The Balaban J connectivity index is 1.70. The van der Waals surface area contributed by atoms with E-state index in [0.29, 0.717) is 0 Å². The molecule has 1 heterocycles. The zero-order valence-corrected chi connectivity index (χ0v) is 15.6. The summed E-state index contributed by atoms with van der Waals surface area (Å²) in [6, 6.07) is 21.5. The number of hydrogen-bond acceptors (Lipinski definition) is 2. The van der Waals surface area contributed by atoms with Crippen LogP contribution in [0, 0.1) is 0 Å². The Labute approximate surface area is 156 Å². The fraction of sp³-hybridized carbons (Fsp3) is 0.348. The first-order valence-corrected chi connectivity index (χ1v) is 9.53. The zero-order chi connectivity index (χ0) is 18.2. The maximum atomic E-state index is 11.0. The minimum Gasteiger partial charge on any atom is -0.356 e. The molecule has 0 radical (unpaired) electrons. The SMILES string of the molecule is CC(=O)NCCCN1CCC(=C(c2ccccc2)c2ccccc2)CC1. The molecule has 1 fully saturated rings. The maximum Gasteiger partial charge on any atom is 0.216 e. The van der Waals surface area contributed by atoms with Crippen molar-refractivity contribution in [1.82, 2.24) is 10.2 Å². The van der Waals surface area contributed by atoms with Crippen molar-refractivity contribution in [3.63, 3.8) is 0 Å². The first kappa shape index (κ1) is 18.4. The number of nitrogens with one attached hydrogen (secondary N) is 1. The van der Waals surface area contributed by atoms with Crippen molar-refractivity contribution in [3.05, 3.63) is 77.4 Å². The summed E-state index contributed by atoms with van der Waals surface area (Å²) in [5.74, 6) is 0.0595. The van der Waals surface area contributed by atoms with Crippen molar-refractivity contribution in [1.29, 1.82) is 0 Å². The molecule has 0 aliphatic carbocycles. The van der Waals surface area contributed by atoms with E-state index in [1.807, 2.05) is 0 Å². The van der Waals surface area contributed by atoms with Crippen LogP contribution in [0.25, 0.3) is 5.57 Å². The van der Waals surface area contributed by atoms with Crippen molar-refractivity contribution < 1.29 is 4.79 Å². The van der Waals surface area contributed by atoms with Crippen LogP contribution in [0.5, 0.6) is 0 Å². The van der Waals surface area contributed by atoms with E-state index in [1.165, 1.54) is 16.7 Å². The third-order valence-corrected chi connectivity index (χ3v) is 4.96. The van der Waals surface area contributed by atoms with E-state index >= 15 is 0 Å². The van der Waals surface area contributed by atoms with Crippen molar-refractivity contribution in [2.45, 2.75) is 26.2 Å². The van der Waals surface area contributed by atoms with Gasteiger partial charge in [0.05, 0.1) is 0 Å². The van der Waals surface area contributed by atoms with Crippen LogP contribution < -0.4 is 5.32 Å². The molecule has 1 N–H and O–H groups in total. The molecule has 1 amide bonds.